The highest BCUT2D eigenvalue weighted by atomic mass is 32.2. The molecule has 20 nitrogen and oxygen atoms in total. The molecule has 4 N–H and O–H groups in total. The van der Waals surface area contributed by atoms with Crippen molar-refractivity contribution in [2.75, 3.05) is 23.9 Å². The number of carboxylic acid groups (broad SMARTS) is 2. The highest BCUT2D eigenvalue weighted by Crippen LogP contribution is 2.44. The average Bonchev–Trinajstić information content (AvgIpc) is 0.915. The topological polar surface area (TPSA) is 255 Å². The van der Waals surface area contributed by atoms with Gasteiger partial charge in [-0.3, -0.25) is 14.5 Å². The molecule has 1 saturated heterocycles. The van der Waals surface area contributed by atoms with E-state index in [0.717, 1.165) is 38.3 Å². The molecule has 1 fully saturated rings. The number of pyridine rings is 2. The molecule has 0 spiro atoms. The molecule has 12 rings (SSSR count). The molecule has 6 aromatic carbocycles. The van der Waals surface area contributed by atoms with Gasteiger partial charge in [-0.2, -0.15) is 9.30 Å². The standard InChI is InChI=1S/C69H56N8O12S3/c1-85-51-29-27-44(28-30-51)39-86-58-37-76(84)56(36-57(58)88-63(45-17-7-2-8-18-45)46-19-9-3-10-20-46)54-35-52(89-73-54)40-87-74-60(55-43-92-68(70-55)72-69(48-21-11-4-12-22-48,49-23-13-5-14-24-49)50-25-15-6-16-26-50)64(80)71-61-65(81)77-62(67(82)83)47(42-91-66(61)77)41-90-53-31-33-75(34-32-53)38-59(78)79/h2-37,43,61,63,66H,38-42H2,1H3,(H3-,70,71,72,78,79,80,82,83)/p+1/b74-60-/t61-,66-/m1/s1. The zero-order valence-electron chi connectivity index (χ0n) is 49.0. The van der Waals surface area contributed by atoms with Gasteiger partial charge in [0.05, 0.1) is 13.2 Å². The Bertz CT molecular complexity index is 4180. The lowest BCUT2D eigenvalue weighted by atomic mass is 9.77. The zero-order chi connectivity index (χ0) is 63.6. The summed E-state index contributed by atoms with van der Waals surface area (Å²) in [6, 6.07) is 61.7. The van der Waals surface area contributed by atoms with Crippen molar-refractivity contribution >= 4 is 69.5 Å². The minimum Gasteiger partial charge on any atom is -0.618 e. The molecule has 4 aromatic heterocycles. The van der Waals surface area contributed by atoms with Gasteiger partial charge in [-0.1, -0.05) is 174 Å². The number of aromatic nitrogens is 4. The maximum absolute atomic E-state index is 14.9. The van der Waals surface area contributed by atoms with Gasteiger partial charge in [-0.05, 0) is 51.1 Å². The molecule has 0 aliphatic carbocycles. The monoisotopic (exact) mass is 1290 g/mol. The first kappa shape index (κ1) is 61.5. The molecule has 6 heterocycles. The number of hydrogen-bond acceptors (Lipinski definition) is 17. The van der Waals surface area contributed by atoms with Crippen LogP contribution in [0.5, 0.6) is 17.2 Å². The lowest BCUT2D eigenvalue weighted by Crippen LogP contribution is -2.71. The van der Waals surface area contributed by atoms with Crippen LogP contribution in [0.1, 0.15) is 50.9 Å². The molecule has 2 atom stereocenters. The number of anilines is 1. The summed E-state index contributed by atoms with van der Waals surface area (Å²) in [5.41, 5.74) is 4.46. The van der Waals surface area contributed by atoms with Crippen molar-refractivity contribution in [3.8, 4) is 28.6 Å². The normalized spacial score (nSPS) is 14.7. The van der Waals surface area contributed by atoms with Crippen LogP contribution in [0, 0.1) is 5.21 Å². The van der Waals surface area contributed by atoms with Crippen molar-refractivity contribution in [3.63, 3.8) is 0 Å². The van der Waals surface area contributed by atoms with Crippen molar-refractivity contribution < 1.29 is 62.3 Å². The number of benzene rings is 6. The Morgan fingerprint density at radius 3 is 2.00 bits per heavy atom. The van der Waals surface area contributed by atoms with Crippen molar-refractivity contribution in [1.82, 2.24) is 20.4 Å². The van der Waals surface area contributed by atoms with E-state index in [1.54, 1.807) is 37.0 Å². The van der Waals surface area contributed by atoms with Gasteiger partial charge < -0.3 is 49.6 Å². The number of ether oxygens (including phenoxy) is 3. The van der Waals surface area contributed by atoms with E-state index in [4.69, 9.17) is 28.6 Å². The molecule has 2 amide bonds. The number of amides is 2. The summed E-state index contributed by atoms with van der Waals surface area (Å²) in [7, 11) is 1.59. The number of methoxy groups -OCH3 is 1. The van der Waals surface area contributed by atoms with Crippen LogP contribution in [-0.2, 0) is 49.3 Å². The second kappa shape index (κ2) is 28.0. The summed E-state index contributed by atoms with van der Waals surface area (Å²) in [4.78, 5) is 66.0. The molecule has 2 aliphatic heterocycles. The second-order valence-corrected chi connectivity index (χ2v) is 24.1. The van der Waals surface area contributed by atoms with Gasteiger partial charge in [0.15, 0.2) is 47.0 Å². The lowest BCUT2D eigenvalue weighted by molar-refractivity contribution is -0.686. The number of aliphatic carboxylic acids is 2. The summed E-state index contributed by atoms with van der Waals surface area (Å²) in [6.45, 7) is -0.522. The molecule has 23 heteroatoms. The summed E-state index contributed by atoms with van der Waals surface area (Å²) in [5.74, 6) is -2.13. The predicted molar refractivity (Wildman–Crippen MR) is 345 cm³/mol. The van der Waals surface area contributed by atoms with Crippen LogP contribution >= 0.6 is 34.9 Å². The first-order chi connectivity index (χ1) is 44.9. The maximum atomic E-state index is 14.9. The number of fused-ring (bicyclic) bond motifs is 1. The molecule has 462 valence electrons. The van der Waals surface area contributed by atoms with Crippen LogP contribution in [0.25, 0.3) is 11.4 Å². The van der Waals surface area contributed by atoms with E-state index in [0.29, 0.717) is 21.2 Å². The summed E-state index contributed by atoms with van der Waals surface area (Å²) >= 11 is 3.86. The Kier molecular flexibility index (Phi) is 18.7. The number of oxime groups is 1. The molecule has 0 radical (unpaired) electrons. The first-order valence-electron chi connectivity index (χ1n) is 28.8. The summed E-state index contributed by atoms with van der Waals surface area (Å²) in [5, 5.41) is 50.2. The van der Waals surface area contributed by atoms with Crippen molar-refractivity contribution in [1.29, 1.82) is 0 Å². The van der Waals surface area contributed by atoms with Crippen molar-refractivity contribution in [2.24, 2.45) is 5.16 Å². The summed E-state index contributed by atoms with van der Waals surface area (Å²) < 4.78 is 26.3. The van der Waals surface area contributed by atoms with E-state index >= 15 is 0 Å². The summed E-state index contributed by atoms with van der Waals surface area (Å²) in [6.07, 6.45) is 3.89. The van der Waals surface area contributed by atoms with Crippen LogP contribution in [0.2, 0.25) is 0 Å². The number of hydrogen-bond donors (Lipinski definition) is 4. The van der Waals surface area contributed by atoms with Crippen LogP contribution in [-0.4, -0.2) is 84.7 Å². The molecule has 92 heavy (non-hydrogen) atoms. The van der Waals surface area contributed by atoms with Crippen molar-refractivity contribution in [2.45, 2.75) is 47.7 Å². The minimum atomic E-state index is -1.30. The Hall–Kier alpha value is -10.8. The quantitative estimate of drug-likeness (QED) is 0.00748. The number of carbonyl (C=O) groups is 4. The molecule has 0 saturated carbocycles. The number of nitrogens with zero attached hydrogens (tertiary/aromatic N) is 6. The van der Waals surface area contributed by atoms with Crippen LogP contribution in [0.4, 0.5) is 5.13 Å². The van der Waals surface area contributed by atoms with Gasteiger partial charge in [-0.25, -0.2) is 14.6 Å². The number of thioether (sulfide) groups is 2. The zero-order valence-corrected chi connectivity index (χ0v) is 51.5. The number of rotatable bonds is 26. The van der Waals surface area contributed by atoms with E-state index in [2.05, 4.69) is 20.9 Å². The predicted octanol–water partition coefficient (Wildman–Crippen LogP) is 10.4. The Labute approximate surface area is 540 Å². The van der Waals surface area contributed by atoms with E-state index in [1.807, 2.05) is 176 Å². The lowest BCUT2D eigenvalue weighted by Gasteiger charge is -2.49. The van der Waals surface area contributed by atoms with Crippen LogP contribution in [0.15, 0.2) is 250 Å². The SMILES string of the molecule is COc1ccc(COc2c[n+]([O-])c(-c3cc(CO/N=C(\C(=O)N[C@@H]4C(=O)N5C(C(=O)O)=C(CSc6cc[n+](CC(=O)O)cc6)CS[C@H]45)c4csc(NC(c5ccccc5)(c5ccccc5)c5ccccc5)n4)on3)cc2OC(c2ccccc2)c2ccccc2)cc1. The second-order valence-electron chi connectivity index (χ2n) is 21.1. The third-order valence-corrected chi connectivity index (χ3v) is 18.4. The molecule has 0 bridgehead atoms. The number of β-lactam (4-membered cyclic amide) rings is 1. The van der Waals surface area contributed by atoms with E-state index in [1.165, 1.54) is 62.7 Å². The fourth-order valence-corrected chi connectivity index (χ4v) is 13.8. The maximum Gasteiger partial charge on any atom is 0.370 e. The van der Waals surface area contributed by atoms with Gasteiger partial charge in [0.1, 0.15) is 46.8 Å². The van der Waals surface area contributed by atoms with Gasteiger partial charge >= 0.3 is 11.9 Å². The number of nitrogens with one attached hydrogen (secondary N) is 2. The van der Waals surface area contributed by atoms with Gasteiger partial charge in [-0.15, -0.1) is 34.9 Å². The number of carbonyl (C=O) groups excluding carboxylic acids is 2. The number of thiazole rings is 1. The van der Waals surface area contributed by atoms with Gasteiger partial charge in [0.2, 0.25) is 24.2 Å². The third kappa shape index (κ3) is 13.5. The highest BCUT2D eigenvalue weighted by Gasteiger charge is 2.54. The average molecular weight is 1290 g/mol. The van der Waals surface area contributed by atoms with Crippen LogP contribution in [0.3, 0.4) is 0 Å². The van der Waals surface area contributed by atoms with E-state index in [9.17, 15) is 34.6 Å². The largest absolute Gasteiger partial charge is 0.618 e. The van der Waals surface area contributed by atoms with Gasteiger partial charge in [0, 0.05) is 40.0 Å². The highest BCUT2D eigenvalue weighted by molar-refractivity contribution is 8.01. The fraction of sp³-hybridized carbons (Fsp3) is 0.145. The molecule has 0 unspecified atom stereocenters. The Balaban J connectivity index is 0.839. The Morgan fingerprint density at radius 1 is 0.804 bits per heavy atom. The third-order valence-electron chi connectivity index (χ3n) is 15.2. The van der Waals surface area contributed by atoms with Gasteiger partial charge in [0.25, 0.3) is 11.8 Å². The van der Waals surface area contributed by atoms with E-state index in [-0.39, 0.29) is 70.4 Å². The Morgan fingerprint density at radius 2 is 1.41 bits per heavy atom. The minimum absolute atomic E-state index is 0.0466. The van der Waals surface area contributed by atoms with Crippen molar-refractivity contribution in [3.05, 3.63) is 285 Å². The van der Waals surface area contributed by atoms with Crippen LogP contribution < -0.4 is 34.1 Å². The van der Waals surface area contributed by atoms with E-state index < -0.39 is 53.4 Å². The smallest absolute Gasteiger partial charge is 0.370 e. The molecular weight excluding hydrogens is 1230 g/mol. The molecule has 10 aromatic rings. The molecular formula is C69H57N8O12S3+. The first-order valence-corrected chi connectivity index (χ1v) is 31.7. The fourth-order valence-electron chi connectivity index (χ4n) is 10.7. The molecule has 2 aliphatic rings. The number of carboxylic acids is 2.